The van der Waals surface area contributed by atoms with Crippen LogP contribution < -0.4 is 0 Å². The van der Waals surface area contributed by atoms with Gasteiger partial charge in [0.15, 0.2) is 0 Å². The third-order valence-electron chi connectivity index (χ3n) is 5.07. The molecule has 1 aliphatic heterocycles. The van der Waals surface area contributed by atoms with E-state index in [-0.39, 0.29) is 11.9 Å². The lowest BCUT2D eigenvalue weighted by molar-refractivity contribution is 0.0831. The minimum Gasteiger partial charge on any atom is -0.344 e. The largest absolute Gasteiger partial charge is 0.344 e. The van der Waals surface area contributed by atoms with Crippen molar-refractivity contribution in [2.45, 2.75) is 31.7 Å². The Bertz CT molecular complexity index is 935. The van der Waals surface area contributed by atoms with Crippen LogP contribution in [0.4, 0.5) is 0 Å². The smallest absolute Gasteiger partial charge is 0.281 e. The zero-order chi connectivity index (χ0) is 19.8. The molecule has 1 aliphatic rings. The third-order valence-corrected chi connectivity index (χ3v) is 8.27. The summed E-state index contributed by atoms with van der Waals surface area (Å²) in [6.07, 6.45) is 3.25. The number of carbonyl (C=O) groups is 1. The normalized spacial score (nSPS) is 18.9. The van der Waals surface area contributed by atoms with Gasteiger partial charge in [0.1, 0.15) is 0 Å². The van der Waals surface area contributed by atoms with Gasteiger partial charge in [-0.1, -0.05) is 24.6 Å². The first-order valence-corrected chi connectivity index (χ1v) is 11.4. The molecule has 148 valence electrons. The summed E-state index contributed by atoms with van der Waals surface area (Å²) in [6, 6.07) is 7.86. The molecule has 6 nitrogen and oxygen atoms in total. The molecule has 2 heterocycles. The number of rotatable bonds is 5. The second kappa shape index (κ2) is 7.87. The maximum absolute atomic E-state index is 12.8. The van der Waals surface area contributed by atoms with E-state index in [1.54, 1.807) is 37.4 Å². The molecule has 1 amide bonds. The Labute approximate surface area is 165 Å². The van der Waals surface area contributed by atoms with E-state index in [9.17, 15) is 13.2 Å². The lowest BCUT2D eigenvalue weighted by atomic mass is 9.95. The van der Waals surface area contributed by atoms with Crippen LogP contribution in [0, 0.1) is 0 Å². The van der Waals surface area contributed by atoms with Gasteiger partial charge in [0.05, 0.1) is 4.88 Å². The Morgan fingerprint density at radius 3 is 2.56 bits per heavy atom. The van der Waals surface area contributed by atoms with Gasteiger partial charge in [0.2, 0.25) is 0 Å². The Balaban J connectivity index is 2.04. The quantitative estimate of drug-likeness (QED) is 0.763. The average Bonchev–Trinajstić information content (AvgIpc) is 2.99. The summed E-state index contributed by atoms with van der Waals surface area (Å²) in [5.41, 5.74) is 0.972. The molecule has 0 bridgehead atoms. The number of amides is 1. The van der Waals surface area contributed by atoms with Crippen molar-refractivity contribution in [1.29, 1.82) is 0 Å². The van der Waals surface area contributed by atoms with E-state index in [4.69, 9.17) is 0 Å². The zero-order valence-corrected chi connectivity index (χ0v) is 17.9. The molecule has 8 heteroatoms. The van der Waals surface area contributed by atoms with Crippen molar-refractivity contribution < 1.29 is 13.2 Å². The third kappa shape index (κ3) is 3.89. The van der Waals surface area contributed by atoms with Crippen LogP contribution in [0.3, 0.4) is 0 Å². The van der Waals surface area contributed by atoms with Crippen LogP contribution in [0.15, 0.2) is 24.3 Å². The van der Waals surface area contributed by atoms with Crippen molar-refractivity contribution >= 4 is 37.5 Å². The van der Waals surface area contributed by atoms with Gasteiger partial charge in [0, 0.05) is 45.5 Å². The summed E-state index contributed by atoms with van der Waals surface area (Å²) in [5, 5.41) is 1.06. The minimum atomic E-state index is -3.48. The molecule has 1 fully saturated rings. The molecule has 0 spiro atoms. The predicted molar refractivity (Wildman–Crippen MR) is 110 cm³/mol. The highest BCUT2D eigenvalue weighted by Gasteiger charge is 2.35. The van der Waals surface area contributed by atoms with Crippen molar-refractivity contribution in [3.63, 3.8) is 0 Å². The number of hydrogen-bond acceptors (Lipinski definition) is 4. The molecular weight excluding hydrogens is 382 g/mol. The van der Waals surface area contributed by atoms with Crippen LogP contribution in [0.2, 0.25) is 0 Å². The number of carbonyl (C=O) groups excluding carboxylic acids is 1. The molecule has 1 atom stereocenters. The van der Waals surface area contributed by atoms with Crippen LogP contribution in [-0.4, -0.2) is 68.6 Å². The average molecular weight is 410 g/mol. The zero-order valence-electron chi connectivity index (χ0n) is 16.3. The number of benzene rings is 1. The lowest BCUT2D eigenvalue weighted by Gasteiger charge is -2.36. The Morgan fingerprint density at radius 2 is 1.89 bits per heavy atom. The van der Waals surface area contributed by atoms with E-state index in [0.29, 0.717) is 17.8 Å². The van der Waals surface area contributed by atoms with E-state index in [2.05, 4.69) is 0 Å². The van der Waals surface area contributed by atoms with E-state index in [1.165, 1.54) is 15.6 Å². The van der Waals surface area contributed by atoms with Crippen molar-refractivity contribution in [2.75, 3.05) is 34.7 Å². The number of piperidine rings is 1. The van der Waals surface area contributed by atoms with E-state index < -0.39 is 10.2 Å². The molecule has 0 aliphatic carbocycles. The standard InChI is InChI=1S/C19H27N3O3S2/c1-20(2)19(23)18-16(15-10-5-6-11-17(15)26-18)13-14-9-7-8-12-22(14)27(24,25)21(3)4/h5-6,10-11,14H,7-9,12-13H2,1-4H3. The summed E-state index contributed by atoms with van der Waals surface area (Å²) in [5.74, 6) is -0.0240. The molecule has 1 unspecified atom stereocenters. The first-order valence-electron chi connectivity index (χ1n) is 9.15. The second-order valence-electron chi connectivity index (χ2n) is 7.36. The van der Waals surface area contributed by atoms with Crippen molar-refractivity contribution in [3.8, 4) is 0 Å². The number of fused-ring (bicyclic) bond motifs is 1. The number of hydrogen-bond donors (Lipinski definition) is 0. The molecule has 3 rings (SSSR count). The van der Waals surface area contributed by atoms with Gasteiger partial charge in [0.25, 0.3) is 16.1 Å². The highest BCUT2D eigenvalue weighted by Crippen LogP contribution is 2.35. The first-order chi connectivity index (χ1) is 12.7. The molecule has 1 aromatic carbocycles. The summed E-state index contributed by atoms with van der Waals surface area (Å²) >= 11 is 1.49. The molecule has 0 N–H and O–H groups in total. The van der Waals surface area contributed by atoms with E-state index in [0.717, 1.165) is 34.9 Å². The predicted octanol–water partition coefficient (Wildman–Crippen LogP) is 2.81. The molecular formula is C19H27N3O3S2. The number of nitrogens with zero attached hydrogens (tertiary/aromatic N) is 3. The summed E-state index contributed by atoms with van der Waals surface area (Å²) in [6.45, 7) is 0.532. The fraction of sp³-hybridized carbons (Fsp3) is 0.526. The highest BCUT2D eigenvalue weighted by atomic mass is 32.2. The summed E-state index contributed by atoms with van der Waals surface area (Å²) in [7, 11) is 3.16. The lowest BCUT2D eigenvalue weighted by Crippen LogP contribution is -2.49. The molecule has 2 aromatic rings. The van der Waals surface area contributed by atoms with E-state index in [1.807, 2.05) is 24.3 Å². The van der Waals surface area contributed by atoms with Gasteiger partial charge < -0.3 is 4.90 Å². The van der Waals surface area contributed by atoms with Crippen LogP contribution >= 0.6 is 11.3 Å². The summed E-state index contributed by atoms with van der Waals surface area (Å²) < 4.78 is 29.6. The van der Waals surface area contributed by atoms with Gasteiger partial charge in [-0.2, -0.15) is 17.0 Å². The highest BCUT2D eigenvalue weighted by molar-refractivity contribution is 7.86. The van der Waals surface area contributed by atoms with Crippen LogP contribution in [0.25, 0.3) is 10.1 Å². The molecule has 1 saturated heterocycles. The van der Waals surface area contributed by atoms with Crippen molar-refractivity contribution in [2.24, 2.45) is 0 Å². The first kappa shape index (κ1) is 20.3. The molecule has 1 aromatic heterocycles. The van der Waals surface area contributed by atoms with Crippen LogP contribution in [0.5, 0.6) is 0 Å². The van der Waals surface area contributed by atoms with Crippen LogP contribution in [-0.2, 0) is 16.6 Å². The monoisotopic (exact) mass is 409 g/mol. The fourth-order valence-corrected chi connectivity index (χ4v) is 6.19. The van der Waals surface area contributed by atoms with Gasteiger partial charge in [-0.3, -0.25) is 4.79 Å². The van der Waals surface area contributed by atoms with Gasteiger partial charge >= 0.3 is 0 Å². The molecule has 0 saturated carbocycles. The van der Waals surface area contributed by atoms with Gasteiger partial charge in [-0.25, -0.2) is 0 Å². The maximum atomic E-state index is 12.8. The van der Waals surface area contributed by atoms with Gasteiger partial charge in [-0.15, -0.1) is 11.3 Å². The Kier molecular flexibility index (Phi) is 5.90. The number of thiophene rings is 1. The maximum Gasteiger partial charge on any atom is 0.281 e. The fourth-order valence-electron chi connectivity index (χ4n) is 3.60. The van der Waals surface area contributed by atoms with E-state index >= 15 is 0 Å². The summed E-state index contributed by atoms with van der Waals surface area (Å²) in [4.78, 5) is 15.1. The van der Waals surface area contributed by atoms with Crippen molar-refractivity contribution in [3.05, 3.63) is 34.7 Å². The molecule has 27 heavy (non-hydrogen) atoms. The van der Waals surface area contributed by atoms with Gasteiger partial charge in [-0.05, 0) is 36.3 Å². The Morgan fingerprint density at radius 1 is 1.19 bits per heavy atom. The molecule has 0 radical (unpaired) electrons. The Hall–Kier alpha value is -1.48. The minimum absolute atomic E-state index is 0.0240. The van der Waals surface area contributed by atoms with Crippen LogP contribution in [0.1, 0.15) is 34.5 Å². The topological polar surface area (TPSA) is 60.9 Å². The second-order valence-corrected chi connectivity index (χ2v) is 10.5. The van der Waals surface area contributed by atoms with Crippen molar-refractivity contribution in [1.82, 2.24) is 13.5 Å². The SMILES string of the molecule is CN(C)C(=O)c1sc2ccccc2c1CC1CCCCN1S(=O)(=O)N(C)C.